The maximum Gasteiger partial charge on any atom is 0.308 e. The number of amides is 1. The van der Waals surface area contributed by atoms with Gasteiger partial charge in [0.1, 0.15) is 0 Å². The van der Waals surface area contributed by atoms with Crippen molar-refractivity contribution in [2.24, 2.45) is 0 Å². The number of Topliss-reactive ketones (excluding diaryl/α,β-unsaturated/α-hetero) is 1. The number of esters is 1. The minimum Gasteiger partial charge on any atom is -0.453 e. The number of ether oxygens (including phenoxy) is 1. The Bertz CT molecular complexity index is 1050. The Hall–Kier alpha value is -3.33. The van der Waals surface area contributed by atoms with Crippen molar-refractivity contribution in [1.82, 2.24) is 15.5 Å². The molecule has 0 radical (unpaired) electrons. The number of aromatic nitrogens is 2. The molecule has 3 aromatic rings. The molecule has 0 unspecified atom stereocenters. The van der Waals surface area contributed by atoms with E-state index in [1.807, 2.05) is 36.6 Å². The van der Waals surface area contributed by atoms with Gasteiger partial charge in [-0.05, 0) is 37.4 Å². The molecule has 9 heteroatoms. The summed E-state index contributed by atoms with van der Waals surface area (Å²) in [7, 11) is 0. The van der Waals surface area contributed by atoms with Gasteiger partial charge in [-0.25, -0.2) is 0 Å². The Morgan fingerprint density at radius 2 is 1.97 bits per heavy atom. The predicted octanol–water partition coefficient (Wildman–Crippen LogP) is 3.88. The lowest BCUT2D eigenvalue weighted by Gasteiger charge is -2.10. The Kier molecular flexibility index (Phi) is 7.66. The van der Waals surface area contributed by atoms with E-state index in [0.717, 1.165) is 11.1 Å². The molecule has 0 spiro atoms. The van der Waals surface area contributed by atoms with Crippen molar-refractivity contribution in [3.8, 4) is 11.5 Å². The molecule has 2 heterocycles. The quantitative estimate of drug-likeness (QED) is 0.375. The number of benzene rings is 1. The van der Waals surface area contributed by atoms with E-state index in [0.29, 0.717) is 10.8 Å². The minimum atomic E-state index is -0.710. The second-order valence-electron chi connectivity index (χ2n) is 6.95. The number of rotatable bonds is 10. The number of ketones is 1. The maximum atomic E-state index is 12.0. The zero-order valence-electron chi connectivity index (χ0n) is 17.3. The van der Waals surface area contributed by atoms with Crippen molar-refractivity contribution in [3.05, 3.63) is 58.1 Å². The first kappa shape index (κ1) is 22.4. The predicted molar refractivity (Wildman–Crippen MR) is 114 cm³/mol. The van der Waals surface area contributed by atoms with Gasteiger partial charge in [-0.3, -0.25) is 14.4 Å². The summed E-state index contributed by atoms with van der Waals surface area (Å²) in [6.45, 7) is 3.72. The first-order valence-corrected chi connectivity index (χ1v) is 10.7. The van der Waals surface area contributed by atoms with Gasteiger partial charge in [0, 0.05) is 24.9 Å². The fraction of sp³-hybridized carbons (Fsp3) is 0.318. The highest BCUT2D eigenvalue weighted by Crippen LogP contribution is 2.23. The number of hydrogen-bond donors (Lipinski definition) is 1. The Morgan fingerprint density at radius 1 is 1.13 bits per heavy atom. The summed E-state index contributed by atoms with van der Waals surface area (Å²) in [5.74, 6) is -0.307. The summed E-state index contributed by atoms with van der Waals surface area (Å²) < 4.78 is 10.9. The van der Waals surface area contributed by atoms with E-state index < -0.39 is 12.1 Å². The molecule has 1 amide bonds. The molecular weight excluding hydrogens is 418 g/mol. The lowest BCUT2D eigenvalue weighted by molar-refractivity contribution is -0.149. The number of nitrogens with zero attached hydrogens (tertiary/aromatic N) is 2. The van der Waals surface area contributed by atoms with Crippen molar-refractivity contribution in [3.63, 3.8) is 0 Å². The summed E-state index contributed by atoms with van der Waals surface area (Å²) in [6.07, 6.45) is -0.508. The number of hydrogen-bond acceptors (Lipinski definition) is 8. The third kappa shape index (κ3) is 6.58. The molecule has 0 aliphatic rings. The van der Waals surface area contributed by atoms with Crippen LogP contribution in [0.4, 0.5) is 0 Å². The van der Waals surface area contributed by atoms with Crippen LogP contribution in [0.15, 0.2) is 46.2 Å². The molecular formula is C22H23N3O5S. The molecule has 0 saturated heterocycles. The molecule has 0 saturated carbocycles. The Balaban J connectivity index is 1.38. The van der Waals surface area contributed by atoms with E-state index in [4.69, 9.17) is 9.15 Å². The van der Waals surface area contributed by atoms with Gasteiger partial charge in [0.2, 0.25) is 11.8 Å². The van der Waals surface area contributed by atoms with Crippen LogP contribution in [-0.4, -0.2) is 34.4 Å². The Labute approximate surface area is 183 Å². The number of carbonyl (C=O) groups is 3. The molecule has 31 heavy (non-hydrogen) atoms. The molecule has 8 nitrogen and oxygen atoms in total. The number of thiophene rings is 1. The lowest BCUT2D eigenvalue weighted by Crippen LogP contribution is -2.27. The smallest absolute Gasteiger partial charge is 0.308 e. The summed E-state index contributed by atoms with van der Waals surface area (Å²) >= 11 is 1.35. The van der Waals surface area contributed by atoms with E-state index in [9.17, 15) is 14.4 Å². The van der Waals surface area contributed by atoms with Crippen molar-refractivity contribution in [2.75, 3.05) is 6.54 Å². The average Bonchev–Trinajstić information content (AvgIpc) is 3.44. The highest BCUT2D eigenvalue weighted by Gasteiger charge is 2.19. The van der Waals surface area contributed by atoms with Gasteiger partial charge < -0.3 is 14.5 Å². The van der Waals surface area contributed by atoms with Gasteiger partial charge in [0.15, 0.2) is 11.9 Å². The third-order valence-electron chi connectivity index (χ3n) is 4.39. The van der Waals surface area contributed by atoms with Crippen molar-refractivity contribution in [2.45, 2.75) is 39.2 Å². The van der Waals surface area contributed by atoms with Crippen LogP contribution >= 0.6 is 11.3 Å². The second-order valence-corrected chi connectivity index (χ2v) is 7.90. The zero-order chi connectivity index (χ0) is 22.2. The van der Waals surface area contributed by atoms with E-state index in [1.165, 1.54) is 11.3 Å². The van der Waals surface area contributed by atoms with E-state index >= 15 is 0 Å². The second kappa shape index (κ2) is 10.6. The van der Waals surface area contributed by atoms with Crippen LogP contribution < -0.4 is 5.32 Å². The normalized spacial score (nSPS) is 11.7. The van der Waals surface area contributed by atoms with Gasteiger partial charge in [0.05, 0.1) is 11.3 Å². The average molecular weight is 442 g/mol. The van der Waals surface area contributed by atoms with Gasteiger partial charge in [-0.15, -0.1) is 21.5 Å². The summed E-state index contributed by atoms with van der Waals surface area (Å²) in [6, 6.07) is 11.2. The van der Waals surface area contributed by atoms with Crippen LogP contribution in [0.2, 0.25) is 0 Å². The fourth-order valence-corrected chi connectivity index (χ4v) is 3.47. The Morgan fingerprint density at radius 3 is 2.71 bits per heavy atom. The van der Waals surface area contributed by atoms with Gasteiger partial charge >= 0.3 is 5.97 Å². The standard InChI is InChI=1S/C22H23N3O5S/c1-14-5-3-6-16(13-14)22-25-24-21(30-22)15(2)29-20(28)10-11-23-19(27)9-8-17(26)18-7-4-12-31-18/h3-7,12-13,15H,8-11H2,1-2H3,(H,23,27)/t15-/m0/s1. The molecule has 2 aromatic heterocycles. The van der Waals surface area contributed by atoms with E-state index in [2.05, 4.69) is 15.5 Å². The minimum absolute atomic E-state index is 0.00613. The number of carbonyl (C=O) groups excluding carboxylic acids is 3. The van der Waals surface area contributed by atoms with Crippen LogP contribution in [-0.2, 0) is 14.3 Å². The number of nitrogens with one attached hydrogen (secondary N) is 1. The van der Waals surface area contributed by atoms with Crippen LogP contribution in [0.1, 0.15) is 53.4 Å². The van der Waals surface area contributed by atoms with Crippen molar-refractivity contribution < 1.29 is 23.5 Å². The van der Waals surface area contributed by atoms with Crippen LogP contribution in [0, 0.1) is 6.92 Å². The van der Waals surface area contributed by atoms with Crippen LogP contribution in [0.3, 0.4) is 0 Å². The first-order chi connectivity index (χ1) is 14.9. The maximum absolute atomic E-state index is 12.0. The van der Waals surface area contributed by atoms with Crippen molar-refractivity contribution in [1.29, 1.82) is 0 Å². The molecule has 1 aromatic carbocycles. The monoisotopic (exact) mass is 441 g/mol. The molecule has 0 bridgehead atoms. The first-order valence-electron chi connectivity index (χ1n) is 9.85. The molecule has 3 rings (SSSR count). The molecule has 0 fully saturated rings. The fourth-order valence-electron chi connectivity index (χ4n) is 2.78. The third-order valence-corrected chi connectivity index (χ3v) is 5.30. The van der Waals surface area contributed by atoms with Gasteiger partial charge in [0.25, 0.3) is 5.89 Å². The largest absolute Gasteiger partial charge is 0.453 e. The van der Waals surface area contributed by atoms with Gasteiger partial charge in [-0.1, -0.05) is 23.8 Å². The molecule has 1 atom stereocenters. The zero-order valence-corrected chi connectivity index (χ0v) is 18.1. The van der Waals surface area contributed by atoms with Crippen LogP contribution in [0.5, 0.6) is 0 Å². The molecule has 162 valence electrons. The van der Waals surface area contributed by atoms with E-state index in [-0.39, 0.29) is 43.4 Å². The summed E-state index contributed by atoms with van der Waals surface area (Å²) in [5.41, 5.74) is 1.85. The SMILES string of the molecule is Cc1cccc(-c2nnc([C@H](C)OC(=O)CCNC(=O)CCC(=O)c3cccs3)o2)c1. The van der Waals surface area contributed by atoms with Gasteiger partial charge in [-0.2, -0.15) is 0 Å². The number of aryl methyl sites for hydroxylation is 1. The van der Waals surface area contributed by atoms with Crippen LogP contribution in [0.25, 0.3) is 11.5 Å². The highest BCUT2D eigenvalue weighted by atomic mass is 32.1. The molecule has 0 aliphatic carbocycles. The van der Waals surface area contributed by atoms with E-state index in [1.54, 1.807) is 19.1 Å². The molecule has 1 N–H and O–H groups in total. The molecule has 0 aliphatic heterocycles. The highest BCUT2D eigenvalue weighted by molar-refractivity contribution is 7.12. The van der Waals surface area contributed by atoms with Crippen molar-refractivity contribution >= 4 is 29.0 Å². The topological polar surface area (TPSA) is 111 Å². The summed E-state index contributed by atoms with van der Waals surface area (Å²) in [4.78, 5) is 36.4. The lowest BCUT2D eigenvalue weighted by atomic mass is 10.1. The summed E-state index contributed by atoms with van der Waals surface area (Å²) in [5, 5.41) is 12.4.